The van der Waals surface area contributed by atoms with Gasteiger partial charge in [-0.2, -0.15) is 0 Å². The lowest BCUT2D eigenvalue weighted by molar-refractivity contribution is -0.131. The van der Waals surface area contributed by atoms with Crippen LogP contribution in [0.4, 0.5) is 0 Å². The number of carboxylic acids is 1. The number of nitrogens with zero attached hydrogens (tertiary/aromatic N) is 2. The molecule has 0 bridgehead atoms. The van der Waals surface area contributed by atoms with Crippen LogP contribution in [-0.2, 0) is 21.1 Å². The summed E-state index contributed by atoms with van der Waals surface area (Å²) in [5.74, 6) is -1.00. The quantitative estimate of drug-likeness (QED) is 0.455. The maximum atomic E-state index is 10.6. The molecule has 6 heteroatoms. The van der Waals surface area contributed by atoms with Crippen molar-refractivity contribution < 1.29 is 19.6 Å². The predicted octanol–water partition coefficient (Wildman–Crippen LogP) is 3.34. The average Bonchev–Trinajstić information content (AvgIpc) is 2.64. The fourth-order valence-corrected chi connectivity index (χ4v) is 2.04. The van der Waals surface area contributed by atoms with E-state index in [0.717, 1.165) is 22.8 Å². The molecule has 0 amide bonds. The minimum absolute atomic E-state index is 0.200. The Balaban J connectivity index is 2.03. The van der Waals surface area contributed by atoms with E-state index in [1.54, 1.807) is 0 Å². The van der Waals surface area contributed by atoms with Gasteiger partial charge in [-0.1, -0.05) is 64.9 Å². The summed E-state index contributed by atoms with van der Waals surface area (Å²) in [6.07, 6.45) is 4.07. The van der Waals surface area contributed by atoms with E-state index in [0.29, 0.717) is 5.71 Å². The molecule has 2 rings (SSSR count). The van der Waals surface area contributed by atoms with Crippen molar-refractivity contribution in [2.75, 3.05) is 7.11 Å². The molecule has 2 aromatic carbocycles. The first kappa shape index (κ1) is 17.9. The maximum absolute atomic E-state index is 10.6. The van der Waals surface area contributed by atoms with Crippen LogP contribution in [0.1, 0.15) is 16.7 Å². The molecule has 25 heavy (non-hydrogen) atoms. The van der Waals surface area contributed by atoms with E-state index in [9.17, 15) is 4.79 Å². The number of oxime groups is 2. The third-order valence-electron chi connectivity index (χ3n) is 3.19. The van der Waals surface area contributed by atoms with Crippen LogP contribution in [0.25, 0.3) is 6.08 Å². The van der Waals surface area contributed by atoms with E-state index in [4.69, 9.17) is 14.8 Å². The number of hydrogen-bond acceptors (Lipinski definition) is 5. The topological polar surface area (TPSA) is 80.5 Å². The number of carbonyl (C=O) groups is 1. The van der Waals surface area contributed by atoms with Gasteiger partial charge in [0.05, 0.1) is 6.21 Å². The van der Waals surface area contributed by atoms with Crippen molar-refractivity contribution in [2.45, 2.75) is 6.61 Å². The first-order chi connectivity index (χ1) is 12.2. The summed E-state index contributed by atoms with van der Waals surface area (Å²) in [4.78, 5) is 20.8. The molecule has 0 aliphatic carbocycles. The lowest BCUT2D eigenvalue weighted by Gasteiger charge is -2.04. The fraction of sp³-hybridized carbons (Fsp3) is 0.105. The summed E-state index contributed by atoms with van der Waals surface area (Å²) in [6, 6.07) is 16.8. The number of aliphatic carboxylic acids is 1. The Morgan fingerprint density at radius 3 is 2.56 bits per heavy atom. The lowest BCUT2D eigenvalue weighted by Crippen LogP contribution is -2.03. The van der Waals surface area contributed by atoms with Crippen LogP contribution in [0.5, 0.6) is 0 Å². The normalized spacial score (nSPS) is 11.8. The third kappa shape index (κ3) is 5.95. The minimum Gasteiger partial charge on any atom is -0.478 e. The molecular formula is C19H18N2O4. The molecule has 6 nitrogen and oxygen atoms in total. The molecule has 128 valence electrons. The smallest absolute Gasteiger partial charge is 0.328 e. The van der Waals surface area contributed by atoms with Crippen LogP contribution >= 0.6 is 0 Å². The van der Waals surface area contributed by atoms with Gasteiger partial charge in [-0.3, -0.25) is 0 Å². The Bertz CT molecular complexity index is 783. The summed E-state index contributed by atoms with van der Waals surface area (Å²) in [5, 5.41) is 16.6. The van der Waals surface area contributed by atoms with Gasteiger partial charge in [0.1, 0.15) is 19.4 Å². The molecule has 0 saturated heterocycles. The molecule has 0 saturated carbocycles. The van der Waals surface area contributed by atoms with Gasteiger partial charge in [-0.05, 0) is 17.2 Å². The van der Waals surface area contributed by atoms with E-state index in [-0.39, 0.29) is 6.61 Å². The van der Waals surface area contributed by atoms with Crippen LogP contribution in [0.2, 0.25) is 0 Å². The largest absolute Gasteiger partial charge is 0.478 e. The Morgan fingerprint density at radius 2 is 1.84 bits per heavy atom. The summed E-state index contributed by atoms with van der Waals surface area (Å²) in [6.45, 7) is 0.200. The van der Waals surface area contributed by atoms with Gasteiger partial charge in [-0.15, -0.1) is 0 Å². The van der Waals surface area contributed by atoms with E-state index in [1.807, 2.05) is 54.6 Å². The van der Waals surface area contributed by atoms with Crippen LogP contribution in [0.3, 0.4) is 0 Å². The molecule has 1 N–H and O–H groups in total. The highest BCUT2D eigenvalue weighted by molar-refractivity contribution is 6.37. The molecule has 0 unspecified atom stereocenters. The zero-order valence-electron chi connectivity index (χ0n) is 13.7. The standard InChI is InChI=1S/C19H18N2O4/c1-24-21-18(16-8-3-2-4-9-16)13-20-25-14-17-10-6-5-7-15(17)11-12-19(22)23/h2-13H,14H2,1H3,(H,22,23). The van der Waals surface area contributed by atoms with Crippen LogP contribution < -0.4 is 0 Å². The molecule has 2 aromatic rings. The van der Waals surface area contributed by atoms with Crippen molar-refractivity contribution in [3.63, 3.8) is 0 Å². The Labute approximate surface area is 145 Å². The Hall–Kier alpha value is -3.41. The van der Waals surface area contributed by atoms with E-state index in [1.165, 1.54) is 19.4 Å². The molecule has 0 heterocycles. The summed E-state index contributed by atoms with van der Waals surface area (Å²) in [5.41, 5.74) is 2.96. The van der Waals surface area contributed by atoms with Gasteiger partial charge >= 0.3 is 5.97 Å². The van der Waals surface area contributed by atoms with Crippen LogP contribution in [0, 0.1) is 0 Å². The first-order valence-electron chi connectivity index (χ1n) is 7.51. The second-order valence-electron chi connectivity index (χ2n) is 4.90. The predicted molar refractivity (Wildman–Crippen MR) is 96.4 cm³/mol. The SMILES string of the molecule is CON=C(C=NOCc1ccccc1C=CC(=O)O)c1ccccc1. The molecule has 0 fully saturated rings. The summed E-state index contributed by atoms with van der Waals surface area (Å²) in [7, 11) is 1.46. The highest BCUT2D eigenvalue weighted by atomic mass is 16.6. The molecule has 0 aromatic heterocycles. The van der Waals surface area contributed by atoms with Crippen LogP contribution in [0.15, 0.2) is 71.0 Å². The van der Waals surface area contributed by atoms with E-state index >= 15 is 0 Å². The average molecular weight is 338 g/mol. The maximum Gasteiger partial charge on any atom is 0.328 e. The highest BCUT2D eigenvalue weighted by Crippen LogP contribution is 2.12. The van der Waals surface area contributed by atoms with E-state index < -0.39 is 5.97 Å². The molecule has 0 aliphatic rings. The lowest BCUT2D eigenvalue weighted by atomic mass is 10.1. The number of hydrogen-bond donors (Lipinski definition) is 1. The second-order valence-corrected chi connectivity index (χ2v) is 4.90. The molecule has 0 spiro atoms. The van der Waals surface area contributed by atoms with Gasteiger partial charge in [0.25, 0.3) is 0 Å². The van der Waals surface area contributed by atoms with Crippen molar-refractivity contribution in [1.29, 1.82) is 0 Å². The zero-order valence-corrected chi connectivity index (χ0v) is 13.7. The second kappa shape index (κ2) is 9.67. The fourth-order valence-electron chi connectivity index (χ4n) is 2.04. The Kier molecular flexibility index (Phi) is 6.94. The molecular weight excluding hydrogens is 320 g/mol. The van der Waals surface area contributed by atoms with Gasteiger partial charge in [-0.25, -0.2) is 4.79 Å². The third-order valence-corrected chi connectivity index (χ3v) is 3.19. The molecule has 0 atom stereocenters. The zero-order chi connectivity index (χ0) is 17.9. The summed E-state index contributed by atoms with van der Waals surface area (Å²) >= 11 is 0. The van der Waals surface area contributed by atoms with Crippen molar-refractivity contribution in [1.82, 2.24) is 0 Å². The van der Waals surface area contributed by atoms with Gasteiger partial charge < -0.3 is 14.8 Å². The van der Waals surface area contributed by atoms with Gasteiger partial charge in [0.2, 0.25) is 0 Å². The van der Waals surface area contributed by atoms with Crippen molar-refractivity contribution in [2.24, 2.45) is 10.3 Å². The van der Waals surface area contributed by atoms with Crippen molar-refractivity contribution >= 4 is 24.0 Å². The molecule has 0 aliphatic heterocycles. The number of benzene rings is 2. The van der Waals surface area contributed by atoms with Crippen molar-refractivity contribution in [3.05, 3.63) is 77.4 Å². The minimum atomic E-state index is -1.00. The van der Waals surface area contributed by atoms with Gasteiger partial charge in [0, 0.05) is 11.6 Å². The monoisotopic (exact) mass is 338 g/mol. The number of carboxylic acid groups (broad SMARTS) is 1. The summed E-state index contributed by atoms with van der Waals surface area (Å²) < 4.78 is 0. The molecule has 0 radical (unpaired) electrons. The Morgan fingerprint density at radius 1 is 1.12 bits per heavy atom. The van der Waals surface area contributed by atoms with Crippen LogP contribution in [-0.4, -0.2) is 30.1 Å². The first-order valence-corrected chi connectivity index (χ1v) is 7.51. The van der Waals surface area contributed by atoms with Crippen molar-refractivity contribution in [3.8, 4) is 0 Å². The van der Waals surface area contributed by atoms with Gasteiger partial charge in [0.15, 0.2) is 0 Å². The number of rotatable bonds is 8. The highest BCUT2D eigenvalue weighted by Gasteiger charge is 2.02. The van der Waals surface area contributed by atoms with E-state index in [2.05, 4.69) is 10.3 Å².